The van der Waals surface area contributed by atoms with Gasteiger partial charge >= 0.3 is 0 Å². The highest BCUT2D eigenvalue weighted by Gasteiger charge is 2.13. The van der Waals surface area contributed by atoms with Crippen LogP contribution in [-0.2, 0) is 9.53 Å². The smallest absolute Gasteiger partial charge is 0.255 e. The first-order valence-electron chi connectivity index (χ1n) is 6.24. The fourth-order valence-electron chi connectivity index (χ4n) is 1.49. The molecule has 2 amide bonds. The standard InChI is InChI=1S/C12H18BrN5O3/c1-21-5-4-15-10(19)2-3-16-12(20)9-6-8(13)7-17-11(9)18-14/h6-7H,2-5,14H2,1H3,(H,15,19)(H,16,20)(H,17,18). The number of hydrogen-bond donors (Lipinski definition) is 4. The van der Waals surface area contributed by atoms with E-state index in [0.29, 0.717) is 23.2 Å². The zero-order valence-electron chi connectivity index (χ0n) is 11.6. The number of ether oxygens (including phenoxy) is 1. The third-order valence-corrected chi connectivity index (χ3v) is 2.94. The van der Waals surface area contributed by atoms with Crippen molar-refractivity contribution in [2.24, 2.45) is 5.84 Å². The Balaban J connectivity index is 2.44. The van der Waals surface area contributed by atoms with Crippen LogP contribution in [0, 0.1) is 0 Å². The first kappa shape index (κ1) is 17.3. The van der Waals surface area contributed by atoms with Crippen molar-refractivity contribution in [3.63, 3.8) is 0 Å². The van der Waals surface area contributed by atoms with Gasteiger partial charge in [-0.05, 0) is 22.0 Å². The molecule has 8 nitrogen and oxygen atoms in total. The lowest BCUT2D eigenvalue weighted by Crippen LogP contribution is -2.32. The molecule has 0 aliphatic rings. The maximum atomic E-state index is 12.0. The molecule has 1 aromatic rings. The minimum absolute atomic E-state index is 0.156. The van der Waals surface area contributed by atoms with E-state index >= 15 is 0 Å². The van der Waals surface area contributed by atoms with E-state index in [2.05, 4.69) is 37.0 Å². The summed E-state index contributed by atoms with van der Waals surface area (Å²) < 4.78 is 5.47. The van der Waals surface area contributed by atoms with Gasteiger partial charge in [0.1, 0.15) is 0 Å². The van der Waals surface area contributed by atoms with Gasteiger partial charge < -0.3 is 20.8 Å². The maximum Gasteiger partial charge on any atom is 0.255 e. The van der Waals surface area contributed by atoms with Crippen LogP contribution in [0.25, 0.3) is 0 Å². The van der Waals surface area contributed by atoms with E-state index in [1.54, 1.807) is 13.2 Å². The van der Waals surface area contributed by atoms with Crippen molar-refractivity contribution in [2.45, 2.75) is 6.42 Å². The number of nitrogens with zero attached hydrogens (tertiary/aromatic N) is 1. The third-order valence-electron chi connectivity index (χ3n) is 2.50. The minimum atomic E-state index is -0.360. The van der Waals surface area contributed by atoms with E-state index in [-0.39, 0.29) is 30.6 Å². The summed E-state index contributed by atoms with van der Waals surface area (Å²) in [4.78, 5) is 27.4. The molecule has 0 bridgehead atoms. The Morgan fingerprint density at radius 3 is 2.81 bits per heavy atom. The van der Waals surface area contributed by atoms with Crippen molar-refractivity contribution in [3.8, 4) is 0 Å². The van der Waals surface area contributed by atoms with Gasteiger partial charge in [0, 0.05) is 37.3 Å². The fourth-order valence-corrected chi connectivity index (χ4v) is 1.82. The SMILES string of the molecule is COCCNC(=O)CCNC(=O)c1cc(Br)cnc1NN. The lowest BCUT2D eigenvalue weighted by Gasteiger charge is -2.09. The largest absolute Gasteiger partial charge is 0.383 e. The summed E-state index contributed by atoms with van der Waals surface area (Å²) in [5.41, 5.74) is 2.65. The molecule has 0 aromatic carbocycles. The van der Waals surface area contributed by atoms with Gasteiger partial charge in [-0.15, -0.1) is 0 Å². The number of carbonyl (C=O) groups is 2. The molecule has 0 aliphatic heterocycles. The van der Waals surface area contributed by atoms with Crippen LogP contribution in [0.1, 0.15) is 16.8 Å². The Labute approximate surface area is 130 Å². The second-order valence-electron chi connectivity index (χ2n) is 4.04. The second-order valence-corrected chi connectivity index (χ2v) is 4.96. The lowest BCUT2D eigenvalue weighted by molar-refractivity contribution is -0.121. The number of aromatic nitrogens is 1. The number of carbonyl (C=O) groups excluding carboxylic acids is 2. The van der Waals surface area contributed by atoms with Crippen LogP contribution in [0.15, 0.2) is 16.7 Å². The predicted octanol–water partition coefficient (Wildman–Crippen LogP) is 0.0122. The molecule has 0 atom stereocenters. The van der Waals surface area contributed by atoms with Crippen LogP contribution < -0.4 is 21.9 Å². The molecule has 0 fully saturated rings. The Kier molecular flexibility index (Phi) is 7.65. The monoisotopic (exact) mass is 359 g/mol. The fraction of sp³-hybridized carbons (Fsp3) is 0.417. The van der Waals surface area contributed by atoms with Gasteiger partial charge in [0.05, 0.1) is 12.2 Å². The van der Waals surface area contributed by atoms with Gasteiger partial charge in [-0.1, -0.05) is 0 Å². The summed E-state index contributed by atoms with van der Waals surface area (Å²) in [5, 5.41) is 5.30. The zero-order valence-corrected chi connectivity index (χ0v) is 13.2. The van der Waals surface area contributed by atoms with Crippen molar-refractivity contribution in [1.82, 2.24) is 15.6 Å². The Morgan fingerprint density at radius 1 is 1.38 bits per heavy atom. The molecule has 1 heterocycles. The second kappa shape index (κ2) is 9.27. The van der Waals surface area contributed by atoms with Gasteiger partial charge in [-0.25, -0.2) is 10.8 Å². The number of nitrogens with two attached hydrogens (primary N) is 1. The molecule has 0 unspecified atom stereocenters. The lowest BCUT2D eigenvalue weighted by atomic mass is 10.2. The van der Waals surface area contributed by atoms with E-state index in [1.807, 2.05) is 0 Å². The van der Waals surface area contributed by atoms with E-state index in [4.69, 9.17) is 10.6 Å². The average molecular weight is 360 g/mol. The van der Waals surface area contributed by atoms with Crippen LogP contribution in [-0.4, -0.2) is 43.6 Å². The number of halogens is 1. The number of amides is 2. The van der Waals surface area contributed by atoms with Crippen molar-refractivity contribution >= 4 is 33.6 Å². The number of nitrogen functional groups attached to an aromatic ring is 1. The molecule has 21 heavy (non-hydrogen) atoms. The molecule has 5 N–H and O–H groups in total. The molecule has 0 saturated heterocycles. The molecule has 0 saturated carbocycles. The minimum Gasteiger partial charge on any atom is -0.383 e. The highest BCUT2D eigenvalue weighted by atomic mass is 79.9. The number of nitrogens with one attached hydrogen (secondary N) is 3. The van der Waals surface area contributed by atoms with Crippen LogP contribution in [0.4, 0.5) is 5.82 Å². The number of hydrogen-bond acceptors (Lipinski definition) is 6. The van der Waals surface area contributed by atoms with E-state index in [1.165, 1.54) is 6.20 Å². The third kappa shape index (κ3) is 6.06. The number of pyridine rings is 1. The first-order chi connectivity index (χ1) is 10.1. The molecule has 116 valence electrons. The summed E-state index contributed by atoms with van der Waals surface area (Å²) in [6, 6.07) is 1.59. The average Bonchev–Trinajstić information content (AvgIpc) is 2.47. The summed E-state index contributed by atoms with van der Waals surface area (Å²) in [6.07, 6.45) is 1.71. The van der Waals surface area contributed by atoms with Crippen molar-refractivity contribution < 1.29 is 14.3 Å². The first-order valence-corrected chi connectivity index (χ1v) is 7.03. The van der Waals surface area contributed by atoms with Crippen LogP contribution in [0.2, 0.25) is 0 Å². The van der Waals surface area contributed by atoms with E-state index in [9.17, 15) is 9.59 Å². The highest BCUT2D eigenvalue weighted by Crippen LogP contribution is 2.16. The summed E-state index contributed by atoms with van der Waals surface area (Å²) in [7, 11) is 1.56. The van der Waals surface area contributed by atoms with Crippen molar-refractivity contribution in [3.05, 3.63) is 22.3 Å². The summed E-state index contributed by atoms with van der Waals surface area (Å²) in [5.74, 6) is 5.05. The molecule has 1 aromatic heterocycles. The van der Waals surface area contributed by atoms with Crippen molar-refractivity contribution in [1.29, 1.82) is 0 Å². The van der Waals surface area contributed by atoms with Gasteiger partial charge in [-0.2, -0.15) is 0 Å². The maximum absolute atomic E-state index is 12.0. The molecular weight excluding hydrogens is 342 g/mol. The predicted molar refractivity (Wildman–Crippen MR) is 81.6 cm³/mol. The summed E-state index contributed by atoms with van der Waals surface area (Å²) in [6.45, 7) is 1.11. The number of methoxy groups -OCH3 is 1. The van der Waals surface area contributed by atoms with Crippen LogP contribution in [0.5, 0.6) is 0 Å². The van der Waals surface area contributed by atoms with Crippen molar-refractivity contribution in [2.75, 3.05) is 32.2 Å². The molecule has 1 rings (SSSR count). The van der Waals surface area contributed by atoms with Gasteiger partial charge in [0.25, 0.3) is 5.91 Å². The van der Waals surface area contributed by atoms with E-state index < -0.39 is 0 Å². The molecule has 0 spiro atoms. The number of anilines is 1. The molecule has 0 aliphatic carbocycles. The zero-order chi connectivity index (χ0) is 15.7. The van der Waals surface area contributed by atoms with Gasteiger partial charge in [0.2, 0.25) is 5.91 Å². The molecule has 0 radical (unpaired) electrons. The van der Waals surface area contributed by atoms with Crippen LogP contribution >= 0.6 is 15.9 Å². The molecular formula is C12H18BrN5O3. The topological polar surface area (TPSA) is 118 Å². The molecule has 9 heteroatoms. The summed E-state index contributed by atoms with van der Waals surface area (Å²) >= 11 is 3.23. The Bertz CT molecular complexity index is 498. The highest BCUT2D eigenvalue weighted by molar-refractivity contribution is 9.10. The Hall–Kier alpha value is -1.71. The van der Waals surface area contributed by atoms with Crippen LogP contribution in [0.3, 0.4) is 0 Å². The normalized spacial score (nSPS) is 10.0. The van der Waals surface area contributed by atoms with Gasteiger partial charge in [-0.3, -0.25) is 9.59 Å². The van der Waals surface area contributed by atoms with Gasteiger partial charge in [0.15, 0.2) is 5.82 Å². The Morgan fingerprint density at radius 2 is 2.14 bits per heavy atom. The van der Waals surface area contributed by atoms with E-state index in [0.717, 1.165) is 0 Å². The number of rotatable bonds is 8. The number of hydrazine groups is 1. The quantitative estimate of drug-likeness (QED) is 0.295.